The molecule has 0 saturated heterocycles. The average molecular weight is 319 g/mol. The minimum absolute atomic E-state index is 0.193. The number of amides is 1. The lowest BCUT2D eigenvalue weighted by Crippen LogP contribution is -2.28. The van der Waals surface area contributed by atoms with Crippen LogP contribution in [0.2, 0.25) is 0 Å². The number of halogens is 4. The Labute approximate surface area is 121 Å². The molecule has 6 nitrogen and oxygen atoms in total. The van der Waals surface area contributed by atoms with E-state index in [0.29, 0.717) is 5.69 Å². The monoisotopic (exact) mass is 319 g/mol. The number of nitrogens with zero attached hydrogens (tertiary/aromatic N) is 2. The predicted octanol–water partition coefficient (Wildman–Crippen LogP) is 2.66. The first kappa shape index (κ1) is 15.7. The molecule has 0 bridgehead atoms. The number of aromatic nitrogens is 2. The number of pyridine rings is 1. The largest absolute Gasteiger partial charge is 0.440 e. The molecular weight excluding hydrogens is 310 g/mol. The summed E-state index contributed by atoms with van der Waals surface area (Å²) in [6.07, 6.45) is -4.83. The lowest BCUT2D eigenvalue weighted by Gasteiger charge is -2.07. The third-order valence-electron chi connectivity index (χ3n) is 2.32. The smallest absolute Gasteiger partial charge is 0.422 e. The fourth-order valence-corrected chi connectivity index (χ4v) is 1.40. The summed E-state index contributed by atoms with van der Waals surface area (Å²) in [5, 5.41) is 5.68. The third kappa shape index (κ3) is 4.72. The molecule has 0 atom stereocenters. The van der Waals surface area contributed by atoms with Crippen LogP contribution in [0.25, 0.3) is 11.5 Å². The molecule has 22 heavy (non-hydrogen) atoms. The van der Waals surface area contributed by atoms with E-state index in [-0.39, 0.29) is 18.0 Å². The summed E-state index contributed by atoms with van der Waals surface area (Å²) in [6, 6.07) is 3.95. The maximum absolute atomic E-state index is 12.7. The molecule has 0 radical (unpaired) electrons. The maximum Gasteiger partial charge on any atom is 0.422 e. The van der Waals surface area contributed by atoms with Crippen molar-refractivity contribution < 1.29 is 31.6 Å². The Morgan fingerprint density at radius 3 is 2.77 bits per heavy atom. The standard InChI is InChI=1S/C12H9F4N3O3/c13-7-1-2-9(17-4-7)10-3-8(19-22-10)5-18-11(20)21-6-12(14,15)16/h1-4H,5-6H2,(H,18,20). The van der Waals surface area contributed by atoms with Crippen molar-refractivity contribution in [1.82, 2.24) is 15.5 Å². The van der Waals surface area contributed by atoms with Crippen molar-refractivity contribution >= 4 is 6.09 Å². The molecule has 1 amide bonds. The van der Waals surface area contributed by atoms with Gasteiger partial charge < -0.3 is 14.6 Å². The molecule has 0 fully saturated rings. The molecule has 2 aromatic heterocycles. The number of hydrogen-bond acceptors (Lipinski definition) is 5. The van der Waals surface area contributed by atoms with Crippen LogP contribution in [0.4, 0.5) is 22.4 Å². The lowest BCUT2D eigenvalue weighted by molar-refractivity contribution is -0.160. The highest BCUT2D eigenvalue weighted by molar-refractivity contribution is 5.67. The summed E-state index contributed by atoms with van der Waals surface area (Å²) in [5.74, 6) is -0.293. The zero-order valence-electron chi connectivity index (χ0n) is 10.9. The molecule has 2 rings (SSSR count). The van der Waals surface area contributed by atoms with Crippen molar-refractivity contribution in [2.24, 2.45) is 0 Å². The molecule has 0 aliphatic heterocycles. The van der Waals surface area contributed by atoms with E-state index < -0.39 is 24.7 Å². The van der Waals surface area contributed by atoms with Crippen molar-refractivity contribution in [3.63, 3.8) is 0 Å². The zero-order valence-corrected chi connectivity index (χ0v) is 10.9. The highest BCUT2D eigenvalue weighted by Crippen LogP contribution is 2.18. The van der Waals surface area contributed by atoms with Gasteiger partial charge in [0.15, 0.2) is 12.4 Å². The number of nitrogens with one attached hydrogen (secondary N) is 1. The van der Waals surface area contributed by atoms with Gasteiger partial charge in [-0.1, -0.05) is 5.16 Å². The van der Waals surface area contributed by atoms with E-state index in [2.05, 4.69) is 20.2 Å². The third-order valence-corrected chi connectivity index (χ3v) is 2.32. The minimum Gasteiger partial charge on any atom is -0.440 e. The molecule has 2 aromatic rings. The van der Waals surface area contributed by atoms with Gasteiger partial charge in [-0.05, 0) is 12.1 Å². The molecule has 0 aromatic carbocycles. The molecule has 118 valence electrons. The summed E-state index contributed by atoms with van der Waals surface area (Å²) in [7, 11) is 0. The number of rotatable bonds is 4. The molecule has 2 heterocycles. The number of alkyl halides is 3. The summed E-state index contributed by atoms with van der Waals surface area (Å²) in [4.78, 5) is 14.8. The molecule has 1 N–H and O–H groups in total. The SMILES string of the molecule is O=C(NCc1cc(-c2ccc(F)cn2)on1)OCC(F)(F)F. The first-order valence-corrected chi connectivity index (χ1v) is 5.88. The van der Waals surface area contributed by atoms with Crippen molar-refractivity contribution in [2.45, 2.75) is 12.7 Å². The van der Waals surface area contributed by atoms with Crippen molar-refractivity contribution in [3.8, 4) is 11.5 Å². The van der Waals surface area contributed by atoms with Gasteiger partial charge in [-0.25, -0.2) is 14.2 Å². The van der Waals surface area contributed by atoms with E-state index in [1.54, 1.807) is 0 Å². The van der Waals surface area contributed by atoms with E-state index in [1.165, 1.54) is 18.2 Å². The Balaban J connectivity index is 1.87. The van der Waals surface area contributed by atoms with Gasteiger partial charge in [0.25, 0.3) is 0 Å². The molecule has 0 saturated carbocycles. The van der Waals surface area contributed by atoms with Gasteiger partial charge in [0, 0.05) is 6.07 Å². The summed E-state index contributed by atoms with van der Waals surface area (Å²) in [5.41, 5.74) is 0.560. The molecular formula is C12H9F4N3O3. The Kier molecular flexibility index (Phi) is 4.59. The van der Waals surface area contributed by atoms with Gasteiger partial charge in [-0.15, -0.1) is 0 Å². The normalized spacial score (nSPS) is 11.3. The van der Waals surface area contributed by atoms with Crippen LogP contribution in [0.15, 0.2) is 28.9 Å². The van der Waals surface area contributed by atoms with Crippen LogP contribution in [-0.4, -0.2) is 29.0 Å². The highest BCUT2D eigenvalue weighted by atomic mass is 19.4. The topological polar surface area (TPSA) is 77.3 Å². The number of carbonyl (C=O) groups excluding carboxylic acids is 1. The van der Waals surface area contributed by atoms with E-state index in [4.69, 9.17) is 4.52 Å². The Hall–Kier alpha value is -2.65. The Bertz CT molecular complexity index is 640. The number of hydrogen-bond donors (Lipinski definition) is 1. The second kappa shape index (κ2) is 6.41. The molecule has 10 heteroatoms. The van der Waals surface area contributed by atoms with Gasteiger partial charge in [0.2, 0.25) is 0 Å². The quantitative estimate of drug-likeness (QED) is 0.877. The first-order chi connectivity index (χ1) is 10.3. The van der Waals surface area contributed by atoms with Crippen LogP contribution >= 0.6 is 0 Å². The number of alkyl carbamates (subject to hydrolysis) is 1. The van der Waals surface area contributed by atoms with E-state index >= 15 is 0 Å². The molecule has 0 aliphatic carbocycles. The number of ether oxygens (including phenoxy) is 1. The predicted molar refractivity (Wildman–Crippen MR) is 63.9 cm³/mol. The fourth-order valence-electron chi connectivity index (χ4n) is 1.40. The van der Waals surface area contributed by atoms with E-state index in [1.807, 2.05) is 0 Å². The van der Waals surface area contributed by atoms with Gasteiger partial charge in [0.1, 0.15) is 17.2 Å². The van der Waals surface area contributed by atoms with Crippen LogP contribution in [0.3, 0.4) is 0 Å². The van der Waals surface area contributed by atoms with Crippen molar-refractivity contribution in [2.75, 3.05) is 6.61 Å². The highest BCUT2D eigenvalue weighted by Gasteiger charge is 2.29. The van der Waals surface area contributed by atoms with Crippen molar-refractivity contribution in [1.29, 1.82) is 0 Å². The minimum atomic E-state index is -4.59. The van der Waals surface area contributed by atoms with Crippen LogP contribution < -0.4 is 5.32 Å². The van der Waals surface area contributed by atoms with Crippen LogP contribution in [0.5, 0.6) is 0 Å². The molecule has 0 aliphatic rings. The van der Waals surface area contributed by atoms with Gasteiger partial charge in [-0.2, -0.15) is 13.2 Å². The van der Waals surface area contributed by atoms with E-state index in [9.17, 15) is 22.4 Å². The van der Waals surface area contributed by atoms with Gasteiger partial charge >= 0.3 is 12.3 Å². The first-order valence-electron chi connectivity index (χ1n) is 5.88. The number of carbonyl (C=O) groups is 1. The molecule has 0 spiro atoms. The molecule has 0 unspecified atom stereocenters. The van der Waals surface area contributed by atoms with Gasteiger partial charge in [0.05, 0.1) is 12.7 Å². The summed E-state index contributed by atoms with van der Waals surface area (Å²) < 4.78 is 57.1. The lowest BCUT2D eigenvalue weighted by atomic mass is 10.2. The Morgan fingerprint density at radius 2 is 2.14 bits per heavy atom. The second-order valence-electron chi connectivity index (χ2n) is 4.09. The van der Waals surface area contributed by atoms with E-state index in [0.717, 1.165) is 6.20 Å². The Morgan fingerprint density at radius 1 is 1.36 bits per heavy atom. The second-order valence-corrected chi connectivity index (χ2v) is 4.09. The fraction of sp³-hybridized carbons (Fsp3) is 0.250. The van der Waals surface area contributed by atoms with Crippen LogP contribution in [0.1, 0.15) is 5.69 Å². The zero-order chi connectivity index (χ0) is 16.2. The maximum atomic E-state index is 12.7. The summed E-state index contributed by atoms with van der Waals surface area (Å²) in [6.45, 7) is -1.87. The van der Waals surface area contributed by atoms with Gasteiger partial charge in [-0.3, -0.25) is 0 Å². The van der Waals surface area contributed by atoms with Crippen molar-refractivity contribution in [3.05, 3.63) is 35.9 Å². The summed E-state index contributed by atoms with van der Waals surface area (Å²) >= 11 is 0. The average Bonchev–Trinajstić information content (AvgIpc) is 2.92. The van der Waals surface area contributed by atoms with Crippen LogP contribution in [0, 0.1) is 5.82 Å². The van der Waals surface area contributed by atoms with Crippen LogP contribution in [-0.2, 0) is 11.3 Å².